The maximum absolute atomic E-state index is 5.08. The normalized spacial score (nSPS) is 16.6. The summed E-state index contributed by atoms with van der Waals surface area (Å²) < 4.78 is 0. The van der Waals surface area contributed by atoms with Gasteiger partial charge in [0.1, 0.15) is 0 Å². The fraction of sp³-hybridized carbons (Fsp3) is 0.143. The molecule has 0 fully saturated rings. The van der Waals surface area contributed by atoms with Crippen LogP contribution in [0.1, 0.15) is 6.92 Å². The first-order chi connectivity index (χ1) is 4.34. The zero-order valence-corrected chi connectivity index (χ0v) is 5.26. The summed E-state index contributed by atoms with van der Waals surface area (Å²) >= 11 is 0. The van der Waals surface area contributed by atoms with Crippen LogP contribution >= 0.6 is 0 Å². The second kappa shape index (κ2) is 2.33. The third-order valence-corrected chi connectivity index (χ3v) is 1.14. The fourth-order valence-electron chi connectivity index (χ4n) is 0.653. The van der Waals surface area contributed by atoms with E-state index < -0.39 is 0 Å². The Labute approximate surface area is 54.1 Å². The lowest BCUT2D eigenvalue weighted by atomic mass is 10.3. The molecule has 1 aliphatic rings. The molecule has 0 spiro atoms. The van der Waals surface area contributed by atoms with Gasteiger partial charge in [0.05, 0.1) is 12.0 Å². The van der Waals surface area contributed by atoms with Crippen molar-refractivity contribution in [3.63, 3.8) is 0 Å². The standard InChI is InChI=1S/C7H8N2/c1-6-3-2-4-7(6)9-5-8/h3-5H,1H3,(H2,8,9). The molecule has 2 heteroatoms. The summed E-state index contributed by atoms with van der Waals surface area (Å²) in [5.74, 6) is 0. The van der Waals surface area contributed by atoms with Gasteiger partial charge in [0.15, 0.2) is 0 Å². The summed E-state index contributed by atoms with van der Waals surface area (Å²) in [5.41, 5.74) is 10.0. The van der Waals surface area contributed by atoms with Crippen molar-refractivity contribution in [3.8, 4) is 0 Å². The van der Waals surface area contributed by atoms with Crippen LogP contribution in [-0.2, 0) is 0 Å². The molecule has 0 heterocycles. The largest absolute Gasteiger partial charge is 0.390 e. The van der Waals surface area contributed by atoms with Crippen molar-refractivity contribution in [1.29, 1.82) is 0 Å². The molecule has 2 nitrogen and oxygen atoms in total. The van der Waals surface area contributed by atoms with Gasteiger partial charge >= 0.3 is 0 Å². The molecule has 2 N–H and O–H groups in total. The molecule has 1 aliphatic carbocycles. The summed E-state index contributed by atoms with van der Waals surface area (Å²) in [5, 5.41) is 0. The monoisotopic (exact) mass is 120 g/mol. The average Bonchev–Trinajstić information content (AvgIpc) is 2.18. The third kappa shape index (κ3) is 1.09. The van der Waals surface area contributed by atoms with Crippen molar-refractivity contribution in [2.75, 3.05) is 0 Å². The summed E-state index contributed by atoms with van der Waals surface area (Å²) in [6.07, 6.45) is 4.97. The minimum absolute atomic E-state index is 0.900. The van der Waals surface area contributed by atoms with Crippen LogP contribution in [-0.4, -0.2) is 6.34 Å². The van der Waals surface area contributed by atoms with Gasteiger partial charge in [-0.15, -0.1) is 5.73 Å². The zero-order chi connectivity index (χ0) is 6.69. The minimum atomic E-state index is 0.900. The first kappa shape index (κ1) is 5.86. The van der Waals surface area contributed by atoms with Crippen molar-refractivity contribution in [3.05, 3.63) is 29.2 Å². The quantitative estimate of drug-likeness (QED) is 0.312. The highest BCUT2D eigenvalue weighted by Gasteiger charge is 1.95. The lowest BCUT2D eigenvalue weighted by molar-refractivity contribution is 1.34. The van der Waals surface area contributed by atoms with Crippen molar-refractivity contribution in [1.82, 2.24) is 0 Å². The minimum Gasteiger partial charge on any atom is -0.390 e. The summed E-state index contributed by atoms with van der Waals surface area (Å²) in [6.45, 7) is 1.97. The number of hydrogen-bond acceptors (Lipinski definition) is 1. The van der Waals surface area contributed by atoms with E-state index in [0.29, 0.717) is 0 Å². The van der Waals surface area contributed by atoms with Gasteiger partial charge in [-0.1, -0.05) is 0 Å². The molecule has 0 saturated carbocycles. The number of rotatable bonds is 1. The highest BCUT2D eigenvalue weighted by molar-refractivity contribution is 5.56. The maximum atomic E-state index is 5.08. The highest BCUT2D eigenvalue weighted by atomic mass is 14.8. The second-order valence-corrected chi connectivity index (χ2v) is 1.80. The summed E-state index contributed by atoms with van der Waals surface area (Å²) in [6, 6.07) is 0. The van der Waals surface area contributed by atoms with Gasteiger partial charge in [-0.05, 0) is 18.6 Å². The first-order valence-electron chi connectivity index (χ1n) is 2.72. The van der Waals surface area contributed by atoms with Crippen LogP contribution < -0.4 is 5.73 Å². The van der Waals surface area contributed by atoms with Crippen LogP contribution in [0.4, 0.5) is 0 Å². The smallest absolute Gasteiger partial charge is 0.0860 e. The van der Waals surface area contributed by atoms with Crippen molar-refractivity contribution in [2.24, 2.45) is 10.7 Å². The molecule has 0 aromatic rings. The maximum Gasteiger partial charge on any atom is 0.0860 e. The Bertz CT molecular complexity index is 227. The average molecular weight is 120 g/mol. The summed E-state index contributed by atoms with van der Waals surface area (Å²) in [7, 11) is 0. The molecule has 0 atom stereocenters. The molecule has 0 bridgehead atoms. The molecule has 0 aromatic carbocycles. The van der Waals surface area contributed by atoms with Gasteiger partial charge in [0.25, 0.3) is 0 Å². The topological polar surface area (TPSA) is 38.4 Å². The fourth-order valence-corrected chi connectivity index (χ4v) is 0.653. The molecule has 1 rings (SSSR count). The van der Waals surface area contributed by atoms with Gasteiger partial charge in [-0.2, -0.15) is 0 Å². The number of nitrogens with zero attached hydrogens (tertiary/aromatic N) is 1. The van der Waals surface area contributed by atoms with Gasteiger partial charge in [0.2, 0.25) is 0 Å². The Morgan fingerprint density at radius 3 is 2.89 bits per heavy atom. The van der Waals surface area contributed by atoms with E-state index in [1.165, 1.54) is 6.34 Å². The van der Waals surface area contributed by atoms with E-state index in [1.807, 2.05) is 13.0 Å². The molecule has 0 unspecified atom stereocenters. The van der Waals surface area contributed by atoms with Crippen LogP contribution in [0.25, 0.3) is 0 Å². The number of hydrogen-bond donors (Lipinski definition) is 1. The Hall–Kier alpha value is -1.27. The lowest BCUT2D eigenvalue weighted by Gasteiger charge is -1.88. The number of aliphatic imine (C=N–C) groups is 1. The van der Waals surface area contributed by atoms with E-state index in [-0.39, 0.29) is 0 Å². The Kier molecular flexibility index (Phi) is 1.52. The van der Waals surface area contributed by atoms with Gasteiger partial charge in [-0.25, -0.2) is 4.99 Å². The van der Waals surface area contributed by atoms with Crippen LogP contribution in [0.2, 0.25) is 0 Å². The number of nitrogens with two attached hydrogens (primary N) is 1. The molecule has 0 amide bonds. The van der Waals surface area contributed by atoms with Gasteiger partial charge < -0.3 is 5.73 Å². The van der Waals surface area contributed by atoms with E-state index in [9.17, 15) is 0 Å². The predicted molar refractivity (Wildman–Crippen MR) is 38.0 cm³/mol. The van der Waals surface area contributed by atoms with Crippen LogP contribution in [0.15, 0.2) is 34.1 Å². The zero-order valence-electron chi connectivity index (χ0n) is 5.26. The van der Waals surface area contributed by atoms with E-state index in [4.69, 9.17) is 5.73 Å². The molecule has 0 saturated heterocycles. The van der Waals surface area contributed by atoms with Crippen molar-refractivity contribution >= 4 is 6.34 Å². The van der Waals surface area contributed by atoms with Crippen molar-refractivity contribution in [2.45, 2.75) is 6.92 Å². The summed E-state index contributed by atoms with van der Waals surface area (Å²) in [4.78, 5) is 3.89. The highest BCUT2D eigenvalue weighted by Crippen LogP contribution is 2.11. The Morgan fingerprint density at radius 2 is 2.44 bits per heavy atom. The van der Waals surface area contributed by atoms with Crippen LogP contribution in [0, 0.1) is 0 Å². The van der Waals surface area contributed by atoms with Crippen LogP contribution in [0.3, 0.4) is 0 Å². The Morgan fingerprint density at radius 1 is 1.67 bits per heavy atom. The SMILES string of the molecule is CC1=C(N=CN)C=C=C1. The predicted octanol–water partition coefficient (Wildman–Crippen LogP) is 0.972. The van der Waals surface area contributed by atoms with Gasteiger partial charge in [0, 0.05) is 6.08 Å². The molecular formula is C7H8N2. The third-order valence-electron chi connectivity index (χ3n) is 1.14. The van der Waals surface area contributed by atoms with E-state index in [0.717, 1.165) is 11.3 Å². The molecule has 0 aliphatic heterocycles. The van der Waals surface area contributed by atoms with E-state index >= 15 is 0 Å². The van der Waals surface area contributed by atoms with E-state index in [2.05, 4.69) is 10.7 Å². The Balaban J connectivity index is 2.84. The molecule has 46 valence electrons. The molecular weight excluding hydrogens is 112 g/mol. The van der Waals surface area contributed by atoms with Gasteiger partial charge in [-0.3, -0.25) is 0 Å². The van der Waals surface area contributed by atoms with Crippen molar-refractivity contribution < 1.29 is 0 Å². The molecule has 9 heavy (non-hydrogen) atoms. The molecule has 0 aromatic heterocycles. The lowest BCUT2D eigenvalue weighted by Crippen LogP contribution is -1.88. The van der Waals surface area contributed by atoms with Crippen LogP contribution in [0.5, 0.6) is 0 Å². The molecule has 0 radical (unpaired) electrons. The van der Waals surface area contributed by atoms with E-state index in [1.54, 1.807) is 6.08 Å². The second-order valence-electron chi connectivity index (χ2n) is 1.80. The first-order valence-corrected chi connectivity index (χ1v) is 2.72. The number of allylic oxidation sites excluding steroid dienone is 2.